The minimum atomic E-state index is -2.08. The van der Waals surface area contributed by atoms with E-state index in [9.17, 15) is 20.1 Å². The minimum Gasteiger partial charge on any atom is -0.505 e. The molecule has 0 aromatic rings. The van der Waals surface area contributed by atoms with Gasteiger partial charge in [0.1, 0.15) is 24.4 Å². The molecule has 0 rings (SSSR count). The first-order valence-corrected chi connectivity index (χ1v) is 4.59. The highest BCUT2D eigenvalue weighted by molar-refractivity contribution is 5.96. The molecule has 0 bridgehead atoms. The number of hydrogen-bond donors (Lipinski definition) is 6. The van der Waals surface area contributed by atoms with Gasteiger partial charge in [0.15, 0.2) is 5.76 Å². The summed E-state index contributed by atoms with van der Waals surface area (Å²) in [6.45, 7) is 0.500. The van der Waals surface area contributed by atoms with Gasteiger partial charge in [-0.05, 0) is 13.0 Å². The first-order valence-electron chi connectivity index (χ1n) is 4.59. The molecular formula is C9H16O7. The highest BCUT2D eigenvalue weighted by Crippen LogP contribution is 2.08. The fourth-order valence-corrected chi connectivity index (χ4v) is 0.971. The Bertz CT molecular complexity index is 263. The number of rotatable bonds is 6. The Labute approximate surface area is 91.9 Å². The predicted molar refractivity (Wildman–Crippen MR) is 52.5 cm³/mol. The van der Waals surface area contributed by atoms with Gasteiger partial charge in [0.05, 0.1) is 6.61 Å². The number of aliphatic hydroxyl groups is 6. The molecule has 0 fully saturated rings. The van der Waals surface area contributed by atoms with Gasteiger partial charge in [-0.3, -0.25) is 4.79 Å². The van der Waals surface area contributed by atoms with E-state index >= 15 is 0 Å². The van der Waals surface area contributed by atoms with Crippen molar-refractivity contribution in [2.45, 2.75) is 31.3 Å². The Morgan fingerprint density at radius 1 is 1.19 bits per heavy atom. The molecule has 7 nitrogen and oxygen atoms in total. The first-order chi connectivity index (χ1) is 7.36. The molecule has 0 aromatic heterocycles. The molecule has 0 aromatic carbocycles. The molecule has 0 unspecified atom stereocenters. The van der Waals surface area contributed by atoms with Crippen molar-refractivity contribution in [1.29, 1.82) is 0 Å². The summed E-state index contributed by atoms with van der Waals surface area (Å²) in [5.41, 5.74) is 0. The number of carbonyl (C=O) groups excluding carboxylic acids is 1. The van der Waals surface area contributed by atoms with Crippen molar-refractivity contribution in [2.75, 3.05) is 6.61 Å². The van der Waals surface area contributed by atoms with Crippen LogP contribution < -0.4 is 0 Å². The van der Waals surface area contributed by atoms with E-state index < -0.39 is 42.6 Å². The van der Waals surface area contributed by atoms with Crippen LogP contribution in [-0.2, 0) is 4.79 Å². The zero-order chi connectivity index (χ0) is 12.9. The summed E-state index contributed by atoms with van der Waals surface area (Å²) in [6.07, 6.45) is -6.66. The highest BCUT2D eigenvalue weighted by Gasteiger charge is 2.35. The van der Waals surface area contributed by atoms with Crippen molar-refractivity contribution in [2.24, 2.45) is 0 Å². The smallest absolute Gasteiger partial charge is 0.227 e. The van der Waals surface area contributed by atoms with Crippen molar-refractivity contribution in [3.63, 3.8) is 0 Å². The molecule has 4 atom stereocenters. The molecule has 0 saturated carbocycles. The maximum Gasteiger partial charge on any atom is 0.227 e. The van der Waals surface area contributed by atoms with Crippen molar-refractivity contribution in [1.82, 2.24) is 0 Å². The van der Waals surface area contributed by atoms with Crippen LogP contribution in [0.3, 0.4) is 0 Å². The number of hydrogen-bond acceptors (Lipinski definition) is 7. The van der Waals surface area contributed by atoms with Crippen molar-refractivity contribution in [3.05, 3.63) is 11.8 Å². The highest BCUT2D eigenvalue weighted by atomic mass is 16.4. The van der Waals surface area contributed by atoms with Crippen LogP contribution in [0.25, 0.3) is 0 Å². The van der Waals surface area contributed by atoms with Crippen LogP contribution in [0.5, 0.6) is 0 Å². The standard InChI is InChI=1S/C9H16O7/c1-2-4(11)6(13)8(15)9(16)7(14)5(12)3-10/h2,5,7-12,14-16H,3H2,1H3/t5-,7-,8+,9+/m1/s1. The Morgan fingerprint density at radius 3 is 2.06 bits per heavy atom. The van der Waals surface area contributed by atoms with Gasteiger partial charge in [0.2, 0.25) is 5.78 Å². The van der Waals surface area contributed by atoms with Gasteiger partial charge in [-0.1, -0.05) is 0 Å². The zero-order valence-corrected chi connectivity index (χ0v) is 8.69. The average molecular weight is 236 g/mol. The van der Waals surface area contributed by atoms with E-state index in [2.05, 4.69) is 0 Å². The largest absolute Gasteiger partial charge is 0.505 e. The predicted octanol–water partition coefficient (Wildman–Crippen LogP) is -2.55. The lowest BCUT2D eigenvalue weighted by Gasteiger charge is -2.24. The zero-order valence-electron chi connectivity index (χ0n) is 8.69. The topological polar surface area (TPSA) is 138 Å². The van der Waals surface area contributed by atoms with E-state index in [4.69, 9.17) is 15.3 Å². The lowest BCUT2D eigenvalue weighted by atomic mass is 9.99. The normalized spacial score (nSPS) is 20.0. The number of allylic oxidation sites excluding steroid dienone is 1. The number of carbonyl (C=O) groups is 1. The van der Waals surface area contributed by atoms with Gasteiger partial charge >= 0.3 is 0 Å². The molecule has 0 amide bonds. The third kappa shape index (κ3) is 3.54. The number of ketones is 1. The fraction of sp³-hybridized carbons (Fsp3) is 0.667. The Kier molecular flexibility index (Phi) is 6.16. The summed E-state index contributed by atoms with van der Waals surface area (Å²) in [5.74, 6) is -1.95. The molecular weight excluding hydrogens is 220 g/mol. The molecule has 0 aliphatic rings. The van der Waals surface area contributed by atoms with Crippen LogP contribution in [0.1, 0.15) is 6.92 Å². The third-order valence-corrected chi connectivity index (χ3v) is 2.05. The minimum absolute atomic E-state index is 0.766. The summed E-state index contributed by atoms with van der Waals surface area (Å²) in [5, 5.41) is 54.1. The van der Waals surface area contributed by atoms with Gasteiger partial charge in [0, 0.05) is 0 Å². The molecule has 16 heavy (non-hydrogen) atoms. The SMILES string of the molecule is CC=C(O)C(=O)[C@H](O)[C@@H](O)[C@H](O)[C@H](O)CO. The Balaban J connectivity index is 4.61. The van der Waals surface area contributed by atoms with Crippen LogP contribution in [0.15, 0.2) is 11.8 Å². The summed E-state index contributed by atoms with van der Waals surface area (Å²) < 4.78 is 0. The quantitative estimate of drug-likeness (QED) is 0.220. The van der Waals surface area contributed by atoms with Crippen molar-refractivity contribution < 1.29 is 35.4 Å². The van der Waals surface area contributed by atoms with Crippen LogP contribution in [0.2, 0.25) is 0 Å². The van der Waals surface area contributed by atoms with E-state index in [0.29, 0.717) is 0 Å². The third-order valence-electron chi connectivity index (χ3n) is 2.05. The van der Waals surface area contributed by atoms with E-state index in [-0.39, 0.29) is 0 Å². The average Bonchev–Trinajstić information content (AvgIpc) is 2.32. The van der Waals surface area contributed by atoms with E-state index in [1.807, 2.05) is 0 Å². The molecule has 0 aliphatic carbocycles. The van der Waals surface area contributed by atoms with Gasteiger partial charge < -0.3 is 30.6 Å². The van der Waals surface area contributed by atoms with Crippen molar-refractivity contribution >= 4 is 5.78 Å². The van der Waals surface area contributed by atoms with Gasteiger partial charge in [0.25, 0.3) is 0 Å². The molecule has 0 spiro atoms. The lowest BCUT2D eigenvalue weighted by Crippen LogP contribution is -2.48. The molecule has 94 valence electrons. The van der Waals surface area contributed by atoms with E-state index in [1.54, 1.807) is 0 Å². The van der Waals surface area contributed by atoms with Crippen molar-refractivity contribution in [3.8, 4) is 0 Å². The first kappa shape index (κ1) is 15.0. The van der Waals surface area contributed by atoms with Gasteiger partial charge in [-0.2, -0.15) is 0 Å². The van der Waals surface area contributed by atoms with Crippen LogP contribution in [0, 0.1) is 0 Å². The van der Waals surface area contributed by atoms with Gasteiger partial charge in [-0.25, -0.2) is 0 Å². The molecule has 0 heterocycles. The molecule has 0 aliphatic heterocycles. The van der Waals surface area contributed by atoms with E-state index in [1.165, 1.54) is 6.92 Å². The summed E-state index contributed by atoms with van der Waals surface area (Å²) >= 11 is 0. The van der Waals surface area contributed by atoms with Crippen LogP contribution in [0.4, 0.5) is 0 Å². The maximum atomic E-state index is 11.1. The Hall–Kier alpha value is -0.990. The maximum absolute atomic E-state index is 11.1. The van der Waals surface area contributed by atoms with Crippen LogP contribution in [-0.4, -0.2) is 67.4 Å². The summed E-state index contributed by atoms with van der Waals surface area (Å²) in [4.78, 5) is 11.1. The fourth-order valence-electron chi connectivity index (χ4n) is 0.971. The molecule has 7 heteroatoms. The Morgan fingerprint density at radius 2 is 1.69 bits per heavy atom. The molecule has 6 N–H and O–H groups in total. The second-order valence-electron chi connectivity index (χ2n) is 3.21. The number of aliphatic hydroxyl groups excluding tert-OH is 6. The van der Waals surface area contributed by atoms with Crippen LogP contribution >= 0.6 is 0 Å². The molecule has 0 radical (unpaired) electrons. The number of Topliss-reactive ketones (excluding diaryl/α,β-unsaturated/α-hetero) is 1. The lowest BCUT2D eigenvalue weighted by molar-refractivity contribution is -0.145. The monoisotopic (exact) mass is 236 g/mol. The summed E-state index contributed by atoms with van der Waals surface area (Å²) in [7, 11) is 0. The second-order valence-corrected chi connectivity index (χ2v) is 3.21. The summed E-state index contributed by atoms with van der Waals surface area (Å²) in [6, 6.07) is 0. The van der Waals surface area contributed by atoms with Gasteiger partial charge in [-0.15, -0.1) is 0 Å². The second kappa shape index (κ2) is 6.56. The van der Waals surface area contributed by atoms with E-state index in [0.717, 1.165) is 6.08 Å². The molecule has 0 saturated heterocycles.